The molecule has 0 aliphatic rings. The van der Waals surface area contributed by atoms with Crippen molar-refractivity contribution in [3.05, 3.63) is 65.7 Å². The molecular weight excluding hydrogens is 238 g/mol. The Hall–Kier alpha value is -2.13. The second-order valence-electron chi connectivity index (χ2n) is 4.39. The Labute approximate surface area is 112 Å². The van der Waals surface area contributed by atoms with Crippen LogP contribution in [-0.2, 0) is 17.8 Å². The van der Waals surface area contributed by atoms with Gasteiger partial charge in [-0.25, -0.2) is 0 Å². The van der Waals surface area contributed by atoms with E-state index in [9.17, 15) is 4.79 Å². The third kappa shape index (κ3) is 4.23. The third-order valence-electron chi connectivity index (χ3n) is 2.88. The molecule has 0 atom stereocenters. The van der Waals surface area contributed by atoms with Gasteiger partial charge >= 0.3 is 0 Å². The number of amides is 1. The molecule has 0 spiro atoms. The molecule has 0 aromatic heterocycles. The average Bonchev–Trinajstić information content (AvgIpc) is 2.46. The Morgan fingerprint density at radius 2 is 1.74 bits per heavy atom. The monoisotopic (exact) mass is 255 g/mol. The number of carbonyl (C=O) groups excluding carboxylic acids is 1. The van der Waals surface area contributed by atoms with E-state index in [1.165, 1.54) is 0 Å². The predicted molar refractivity (Wildman–Crippen MR) is 75.8 cm³/mol. The summed E-state index contributed by atoms with van der Waals surface area (Å²) >= 11 is 0. The molecule has 1 amide bonds. The number of hydrogen-bond acceptors (Lipinski definition) is 2. The van der Waals surface area contributed by atoms with Gasteiger partial charge in [-0.05, 0) is 29.7 Å². The van der Waals surface area contributed by atoms with Crippen LogP contribution in [0.4, 0.5) is 5.69 Å². The summed E-state index contributed by atoms with van der Waals surface area (Å²) in [5.74, 6) is -0.0149. The molecule has 0 aliphatic heterocycles. The van der Waals surface area contributed by atoms with Gasteiger partial charge in [-0.3, -0.25) is 4.79 Å². The molecular formula is C16H17NO2. The largest absolute Gasteiger partial charge is 0.392 e. The van der Waals surface area contributed by atoms with Crippen molar-refractivity contribution in [1.29, 1.82) is 0 Å². The molecule has 19 heavy (non-hydrogen) atoms. The highest BCUT2D eigenvalue weighted by Crippen LogP contribution is 2.11. The van der Waals surface area contributed by atoms with E-state index < -0.39 is 0 Å². The average molecular weight is 255 g/mol. The Morgan fingerprint density at radius 1 is 1.00 bits per heavy atom. The molecule has 0 heterocycles. The highest BCUT2D eigenvalue weighted by molar-refractivity contribution is 5.90. The highest BCUT2D eigenvalue weighted by atomic mass is 16.3. The van der Waals surface area contributed by atoms with Crippen LogP contribution in [0.3, 0.4) is 0 Å². The molecule has 0 saturated carbocycles. The molecule has 2 N–H and O–H groups in total. The van der Waals surface area contributed by atoms with E-state index >= 15 is 0 Å². The maximum absolute atomic E-state index is 11.8. The molecule has 0 aliphatic carbocycles. The summed E-state index contributed by atoms with van der Waals surface area (Å²) in [6, 6.07) is 17.2. The molecule has 0 unspecified atom stereocenters. The van der Waals surface area contributed by atoms with Gasteiger partial charge in [0.05, 0.1) is 6.61 Å². The van der Waals surface area contributed by atoms with E-state index in [0.717, 1.165) is 23.2 Å². The number of hydrogen-bond donors (Lipinski definition) is 2. The maximum Gasteiger partial charge on any atom is 0.224 e. The lowest BCUT2D eigenvalue weighted by atomic mass is 10.1. The Kier molecular flexibility index (Phi) is 4.70. The van der Waals surface area contributed by atoms with Crippen molar-refractivity contribution in [2.75, 3.05) is 5.32 Å². The first-order chi connectivity index (χ1) is 9.28. The minimum absolute atomic E-state index is 0.0149. The van der Waals surface area contributed by atoms with Crippen LogP contribution in [0.25, 0.3) is 0 Å². The topological polar surface area (TPSA) is 49.3 Å². The summed E-state index contributed by atoms with van der Waals surface area (Å²) in [6.45, 7) is -0.0201. The first kappa shape index (κ1) is 13.3. The fourth-order valence-corrected chi connectivity index (χ4v) is 1.87. The number of anilines is 1. The highest BCUT2D eigenvalue weighted by Gasteiger charge is 2.03. The van der Waals surface area contributed by atoms with E-state index in [1.807, 2.05) is 48.5 Å². The van der Waals surface area contributed by atoms with Crippen LogP contribution in [0.2, 0.25) is 0 Å². The molecule has 2 aromatic carbocycles. The number of rotatable bonds is 5. The van der Waals surface area contributed by atoms with Crippen LogP contribution in [0.1, 0.15) is 17.5 Å². The predicted octanol–water partition coefficient (Wildman–Crippen LogP) is 2.75. The normalized spacial score (nSPS) is 10.2. The van der Waals surface area contributed by atoms with Crippen molar-refractivity contribution in [2.45, 2.75) is 19.4 Å². The van der Waals surface area contributed by atoms with Gasteiger partial charge in [0.2, 0.25) is 5.91 Å². The molecule has 0 fully saturated rings. The number of nitrogens with one attached hydrogen (secondary N) is 1. The second kappa shape index (κ2) is 6.71. The van der Waals surface area contributed by atoms with Gasteiger partial charge in [-0.1, -0.05) is 42.5 Å². The summed E-state index contributed by atoms with van der Waals surface area (Å²) < 4.78 is 0. The van der Waals surface area contributed by atoms with Crippen molar-refractivity contribution in [3.63, 3.8) is 0 Å². The Balaban J connectivity index is 1.87. The van der Waals surface area contributed by atoms with Crippen LogP contribution in [0.15, 0.2) is 54.6 Å². The number of benzene rings is 2. The minimum Gasteiger partial charge on any atom is -0.392 e. The minimum atomic E-state index is -0.0201. The van der Waals surface area contributed by atoms with Crippen LogP contribution in [0.5, 0.6) is 0 Å². The maximum atomic E-state index is 11.8. The van der Waals surface area contributed by atoms with Crippen molar-refractivity contribution in [2.24, 2.45) is 0 Å². The van der Waals surface area contributed by atoms with E-state index in [0.29, 0.717) is 6.42 Å². The van der Waals surface area contributed by atoms with Gasteiger partial charge in [0, 0.05) is 12.1 Å². The second-order valence-corrected chi connectivity index (χ2v) is 4.39. The number of aliphatic hydroxyl groups excluding tert-OH is 1. The molecule has 3 heteroatoms. The summed E-state index contributed by atoms with van der Waals surface area (Å²) in [5, 5.41) is 11.9. The van der Waals surface area contributed by atoms with Crippen LogP contribution < -0.4 is 5.32 Å². The number of aliphatic hydroxyl groups is 1. The summed E-state index contributed by atoms with van der Waals surface area (Å²) in [7, 11) is 0. The zero-order valence-corrected chi connectivity index (χ0v) is 10.7. The van der Waals surface area contributed by atoms with Gasteiger partial charge in [0.25, 0.3) is 0 Å². The molecule has 98 valence electrons. The fourth-order valence-electron chi connectivity index (χ4n) is 1.87. The van der Waals surface area contributed by atoms with Crippen molar-refractivity contribution < 1.29 is 9.90 Å². The van der Waals surface area contributed by atoms with Gasteiger partial charge in [-0.2, -0.15) is 0 Å². The van der Waals surface area contributed by atoms with Crippen molar-refractivity contribution in [1.82, 2.24) is 0 Å². The molecule has 3 nitrogen and oxygen atoms in total. The van der Waals surface area contributed by atoms with E-state index in [4.69, 9.17) is 5.11 Å². The van der Waals surface area contributed by atoms with E-state index in [-0.39, 0.29) is 12.5 Å². The van der Waals surface area contributed by atoms with Gasteiger partial charge < -0.3 is 10.4 Å². The van der Waals surface area contributed by atoms with E-state index in [1.54, 1.807) is 6.07 Å². The molecule has 0 saturated heterocycles. The van der Waals surface area contributed by atoms with Crippen LogP contribution >= 0.6 is 0 Å². The zero-order valence-electron chi connectivity index (χ0n) is 10.7. The quantitative estimate of drug-likeness (QED) is 0.863. The smallest absolute Gasteiger partial charge is 0.224 e. The lowest BCUT2D eigenvalue weighted by molar-refractivity contribution is -0.116. The van der Waals surface area contributed by atoms with Gasteiger partial charge in [-0.15, -0.1) is 0 Å². The lowest BCUT2D eigenvalue weighted by Gasteiger charge is -2.06. The van der Waals surface area contributed by atoms with Crippen LogP contribution in [-0.4, -0.2) is 11.0 Å². The Morgan fingerprint density at radius 3 is 2.47 bits per heavy atom. The molecule has 0 bridgehead atoms. The van der Waals surface area contributed by atoms with Crippen molar-refractivity contribution in [3.8, 4) is 0 Å². The zero-order chi connectivity index (χ0) is 13.5. The molecule has 2 rings (SSSR count). The first-order valence-corrected chi connectivity index (χ1v) is 6.31. The lowest BCUT2D eigenvalue weighted by Crippen LogP contribution is -2.12. The Bertz CT molecular complexity index is 537. The van der Waals surface area contributed by atoms with Gasteiger partial charge in [0.1, 0.15) is 0 Å². The standard InChI is InChI=1S/C16H17NO2/c18-12-14-7-4-8-15(11-14)17-16(19)10-9-13-5-2-1-3-6-13/h1-8,11,18H,9-10,12H2,(H,17,19). The SMILES string of the molecule is O=C(CCc1ccccc1)Nc1cccc(CO)c1. The third-order valence-corrected chi connectivity index (χ3v) is 2.88. The van der Waals surface area contributed by atoms with Crippen molar-refractivity contribution >= 4 is 11.6 Å². The summed E-state index contributed by atoms with van der Waals surface area (Å²) in [4.78, 5) is 11.8. The van der Waals surface area contributed by atoms with E-state index in [2.05, 4.69) is 5.32 Å². The summed E-state index contributed by atoms with van der Waals surface area (Å²) in [6.07, 6.45) is 1.18. The number of carbonyl (C=O) groups is 1. The fraction of sp³-hybridized carbons (Fsp3) is 0.188. The molecule has 2 aromatic rings. The van der Waals surface area contributed by atoms with Crippen LogP contribution in [0, 0.1) is 0 Å². The number of aryl methyl sites for hydroxylation is 1. The first-order valence-electron chi connectivity index (χ1n) is 6.31. The van der Waals surface area contributed by atoms with Gasteiger partial charge in [0.15, 0.2) is 0 Å². The molecule has 0 radical (unpaired) electrons. The summed E-state index contributed by atoms with van der Waals surface area (Å²) in [5.41, 5.74) is 2.67.